The van der Waals surface area contributed by atoms with E-state index >= 15 is 0 Å². The number of hydrogen-bond acceptors (Lipinski definition) is 4. The van der Waals surface area contributed by atoms with Crippen molar-refractivity contribution < 1.29 is 14.3 Å². The third kappa shape index (κ3) is 4.86. The molecule has 0 atom stereocenters. The maximum Gasteiger partial charge on any atom is 0.244 e. The Labute approximate surface area is 140 Å². The number of hydrogen-bond donors (Lipinski definition) is 1. The van der Waals surface area contributed by atoms with Crippen molar-refractivity contribution in [1.29, 1.82) is 0 Å². The molecule has 23 heavy (non-hydrogen) atoms. The van der Waals surface area contributed by atoms with Gasteiger partial charge in [0.05, 0.1) is 20.8 Å². The van der Waals surface area contributed by atoms with E-state index in [9.17, 15) is 4.79 Å². The highest BCUT2D eigenvalue weighted by atomic mass is 32.1. The Bertz CT molecular complexity index is 691. The van der Waals surface area contributed by atoms with Crippen LogP contribution in [0.5, 0.6) is 11.5 Å². The molecule has 4 nitrogen and oxygen atoms in total. The molecule has 0 saturated heterocycles. The molecule has 0 unspecified atom stereocenters. The van der Waals surface area contributed by atoms with E-state index in [1.54, 1.807) is 31.6 Å². The van der Waals surface area contributed by atoms with E-state index < -0.39 is 0 Å². The summed E-state index contributed by atoms with van der Waals surface area (Å²) in [5.74, 6) is 1.28. The largest absolute Gasteiger partial charge is 0.497 e. The third-order valence-corrected chi connectivity index (χ3v) is 4.58. The number of amides is 1. The van der Waals surface area contributed by atoms with E-state index in [0.29, 0.717) is 12.3 Å². The van der Waals surface area contributed by atoms with Gasteiger partial charge >= 0.3 is 0 Å². The second-order valence-electron chi connectivity index (χ2n) is 4.88. The van der Waals surface area contributed by atoms with Crippen LogP contribution in [0.4, 0.5) is 0 Å². The molecule has 0 fully saturated rings. The molecule has 0 aliphatic rings. The fraction of sp³-hybridized carbons (Fsp3) is 0.278. The number of benzene rings is 1. The van der Waals surface area contributed by atoms with Crippen molar-refractivity contribution in [3.8, 4) is 11.5 Å². The molecule has 0 bridgehead atoms. The highest BCUT2D eigenvalue weighted by Gasteiger charge is 2.04. The lowest BCUT2D eigenvalue weighted by atomic mass is 10.1. The molecule has 0 aliphatic heterocycles. The second-order valence-corrected chi connectivity index (χ2v) is 6.13. The minimum atomic E-state index is -0.138. The second kappa shape index (κ2) is 8.39. The van der Waals surface area contributed by atoms with Crippen LogP contribution in [0.3, 0.4) is 0 Å². The number of carbonyl (C=O) groups excluding carboxylic acids is 1. The molecule has 2 rings (SSSR count). The first-order chi connectivity index (χ1) is 11.2. The fourth-order valence-electron chi connectivity index (χ4n) is 2.08. The molecule has 0 saturated carbocycles. The highest BCUT2D eigenvalue weighted by molar-refractivity contribution is 7.11. The Balaban J connectivity index is 1.97. The summed E-state index contributed by atoms with van der Waals surface area (Å²) in [4.78, 5) is 14.4. The summed E-state index contributed by atoms with van der Waals surface area (Å²) in [6.07, 6.45) is 4.25. The summed E-state index contributed by atoms with van der Waals surface area (Å²) in [5.41, 5.74) is 0.798. The lowest BCUT2D eigenvalue weighted by molar-refractivity contribution is -0.116. The van der Waals surface area contributed by atoms with E-state index in [1.807, 2.05) is 18.2 Å². The number of nitrogens with one attached hydrogen (secondary N) is 1. The van der Waals surface area contributed by atoms with Gasteiger partial charge in [-0.2, -0.15) is 0 Å². The van der Waals surface area contributed by atoms with Gasteiger partial charge in [0.25, 0.3) is 0 Å². The average Bonchev–Trinajstić information content (AvgIpc) is 3.05. The monoisotopic (exact) mass is 331 g/mol. The van der Waals surface area contributed by atoms with Gasteiger partial charge in [0.2, 0.25) is 5.91 Å². The summed E-state index contributed by atoms with van der Waals surface area (Å²) < 4.78 is 10.5. The van der Waals surface area contributed by atoms with Crippen LogP contribution in [0.2, 0.25) is 0 Å². The van der Waals surface area contributed by atoms with Gasteiger partial charge in [0.1, 0.15) is 11.5 Å². The Morgan fingerprint density at radius 1 is 1.17 bits per heavy atom. The molecule has 0 radical (unpaired) electrons. The molecule has 122 valence electrons. The molecule has 1 heterocycles. The SMILES string of the molecule is CCc1ccc(CNC(=O)C=Cc2cc(OC)ccc2OC)s1. The van der Waals surface area contributed by atoms with E-state index in [1.165, 1.54) is 11.0 Å². The molecule has 0 spiro atoms. The van der Waals surface area contributed by atoms with Crippen LogP contribution in [-0.2, 0) is 17.8 Å². The standard InChI is InChI=1S/C18H21NO3S/c1-4-15-7-8-16(23-15)12-19-18(20)10-5-13-11-14(21-2)6-9-17(13)22-3/h5-11H,4,12H2,1-3H3,(H,19,20). The van der Waals surface area contributed by atoms with E-state index in [-0.39, 0.29) is 5.91 Å². The van der Waals surface area contributed by atoms with Crippen molar-refractivity contribution in [3.05, 3.63) is 51.7 Å². The minimum absolute atomic E-state index is 0.138. The van der Waals surface area contributed by atoms with E-state index in [4.69, 9.17) is 9.47 Å². The zero-order valence-electron chi connectivity index (χ0n) is 13.6. The van der Waals surface area contributed by atoms with Gasteiger partial charge in [-0.05, 0) is 42.8 Å². The molecule has 2 aromatic rings. The molecular weight excluding hydrogens is 310 g/mol. The normalized spacial score (nSPS) is 10.7. The van der Waals surface area contributed by atoms with Crippen molar-refractivity contribution in [2.75, 3.05) is 14.2 Å². The van der Waals surface area contributed by atoms with Crippen molar-refractivity contribution in [3.63, 3.8) is 0 Å². The van der Waals surface area contributed by atoms with Crippen LogP contribution >= 0.6 is 11.3 Å². The van der Waals surface area contributed by atoms with Gasteiger partial charge in [0, 0.05) is 21.4 Å². The van der Waals surface area contributed by atoms with Gasteiger partial charge in [-0.1, -0.05) is 6.92 Å². The molecule has 5 heteroatoms. The number of thiophene rings is 1. The molecular formula is C18H21NO3S. The predicted octanol–water partition coefficient (Wildman–Crippen LogP) is 3.66. The Morgan fingerprint density at radius 2 is 1.96 bits per heavy atom. The third-order valence-electron chi connectivity index (χ3n) is 3.35. The van der Waals surface area contributed by atoms with Gasteiger partial charge in [-0.25, -0.2) is 0 Å². The van der Waals surface area contributed by atoms with Crippen molar-refractivity contribution in [2.45, 2.75) is 19.9 Å². The smallest absolute Gasteiger partial charge is 0.244 e. The first-order valence-corrected chi connectivity index (χ1v) is 8.23. The zero-order valence-corrected chi connectivity index (χ0v) is 14.4. The van der Waals surface area contributed by atoms with Crippen LogP contribution in [-0.4, -0.2) is 20.1 Å². The van der Waals surface area contributed by atoms with Crippen LogP contribution in [0.15, 0.2) is 36.4 Å². The molecule has 1 N–H and O–H groups in total. The summed E-state index contributed by atoms with van der Waals surface area (Å²) in [6, 6.07) is 9.61. The minimum Gasteiger partial charge on any atom is -0.497 e. The number of methoxy groups -OCH3 is 2. The number of carbonyl (C=O) groups is 1. The van der Waals surface area contributed by atoms with E-state index in [0.717, 1.165) is 22.6 Å². The quantitative estimate of drug-likeness (QED) is 0.788. The summed E-state index contributed by atoms with van der Waals surface area (Å²) in [5, 5.41) is 2.89. The van der Waals surface area contributed by atoms with Crippen LogP contribution in [0.25, 0.3) is 6.08 Å². The maximum absolute atomic E-state index is 12.0. The van der Waals surface area contributed by atoms with Crippen molar-refractivity contribution in [2.24, 2.45) is 0 Å². The molecule has 1 aromatic carbocycles. The lowest BCUT2D eigenvalue weighted by Gasteiger charge is -2.07. The number of aryl methyl sites for hydroxylation is 1. The van der Waals surface area contributed by atoms with Gasteiger partial charge in [-0.15, -0.1) is 11.3 Å². The van der Waals surface area contributed by atoms with E-state index in [2.05, 4.69) is 24.4 Å². The molecule has 1 aromatic heterocycles. The summed E-state index contributed by atoms with van der Waals surface area (Å²) in [7, 11) is 3.20. The highest BCUT2D eigenvalue weighted by Crippen LogP contribution is 2.25. The fourth-order valence-corrected chi connectivity index (χ4v) is 2.97. The zero-order chi connectivity index (χ0) is 16.7. The van der Waals surface area contributed by atoms with Gasteiger partial charge < -0.3 is 14.8 Å². The number of rotatable bonds is 7. The van der Waals surface area contributed by atoms with Gasteiger partial charge in [-0.3, -0.25) is 4.79 Å². The lowest BCUT2D eigenvalue weighted by Crippen LogP contribution is -2.19. The van der Waals surface area contributed by atoms with Gasteiger partial charge in [0.15, 0.2) is 0 Å². The predicted molar refractivity (Wildman–Crippen MR) is 94.1 cm³/mol. The number of ether oxygens (including phenoxy) is 2. The summed E-state index contributed by atoms with van der Waals surface area (Å²) >= 11 is 1.72. The maximum atomic E-state index is 12.0. The first kappa shape index (κ1) is 17.1. The average molecular weight is 331 g/mol. The Hall–Kier alpha value is -2.27. The van der Waals surface area contributed by atoms with Crippen LogP contribution in [0.1, 0.15) is 22.2 Å². The molecule has 0 aliphatic carbocycles. The summed E-state index contributed by atoms with van der Waals surface area (Å²) in [6.45, 7) is 2.67. The van der Waals surface area contributed by atoms with Crippen molar-refractivity contribution >= 4 is 23.3 Å². The Morgan fingerprint density at radius 3 is 2.61 bits per heavy atom. The Kier molecular flexibility index (Phi) is 6.23. The topological polar surface area (TPSA) is 47.6 Å². The first-order valence-electron chi connectivity index (χ1n) is 7.41. The van der Waals surface area contributed by atoms with Crippen LogP contribution < -0.4 is 14.8 Å². The molecule has 1 amide bonds. The van der Waals surface area contributed by atoms with Crippen LogP contribution in [0, 0.1) is 0 Å². The van der Waals surface area contributed by atoms with Crippen molar-refractivity contribution in [1.82, 2.24) is 5.32 Å².